The molecule has 1 N–H and O–H groups in total. The highest BCUT2D eigenvalue weighted by atomic mass is 32.1. The van der Waals surface area contributed by atoms with Gasteiger partial charge in [-0.05, 0) is 36.1 Å². The van der Waals surface area contributed by atoms with Gasteiger partial charge in [0.25, 0.3) is 5.91 Å². The van der Waals surface area contributed by atoms with Crippen LogP contribution in [0.15, 0.2) is 24.4 Å². The Labute approximate surface area is 170 Å². The third-order valence-electron chi connectivity index (χ3n) is 4.47. The first kappa shape index (κ1) is 20.8. The molecule has 0 aliphatic rings. The molecule has 1 amide bonds. The van der Waals surface area contributed by atoms with Crippen LogP contribution in [0.2, 0.25) is 0 Å². The number of benzene rings is 1. The number of amides is 1. The molecule has 152 valence electrons. The molecule has 0 radical (unpaired) electrons. The van der Waals surface area contributed by atoms with Gasteiger partial charge in [-0.25, -0.2) is 4.98 Å². The predicted octanol–water partition coefficient (Wildman–Crippen LogP) is 3.79. The molecule has 0 bridgehead atoms. The van der Waals surface area contributed by atoms with Gasteiger partial charge in [0.15, 0.2) is 4.96 Å². The number of nitrogens with one attached hydrogen (secondary N) is 1. The summed E-state index contributed by atoms with van der Waals surface area (Å²) in [4.78, 5) is 20.9. The lowest BCUT2D eigenvalue weighted by Gasteiger charge is -2.26. The van der Waals surface area contributed by atoms with Crippen LogP contribution in [-0.2, 0) is 11.3 Å². The van der Waals surface area contributed by atoms with Crippen molar-refractivity contribution < 1.29 is 9.53 Å². The summed E-state index contributed by atoms with van der Waals surface area (Å²) in [5.41, 5.74) is 3.27. The Morgan fingerprint density at radius 3 is 2.86 bits per heavy atom. The molecule has 0 unspecified atom stereocenters. The number of methoxy groups -OCH3 is 1. The van der Waals surface area contributed by atoms with Crippen molar-refractivity contribution >= 4 is 33.2 Å². The molecule has 2 heterocycles. The molecule has 0 spiro atoms. The van der Waals surface area contributed by atoms with E-state index in [1.165, 1.54) is 16.9 Å². The maximum atomic E-state index is 12.8. The van der Waals surface area contributed by atoms with Crippen LogP contribution in [0.25, 0.3) is 16.0 Å². The monoisotopic (exact) mass is 402 g/mol. The van der Waals surface area contributed by atoms with Gasteiger partial charge in [-0.3, -0.25) is 9.20 Å². The summed E-state index contributed by atoms with van der Waals surface area (Å²) in [6.07, 6.45) is 2.92. The van der Waals surface area contributed by atoms with E-state index in [1.54, 1.807) is 12.0 Å². The van der Waals surface area contributed by atoms with Gasteiger partial charge >= 0.3 is 0 Å². The summed E-state index contributed by atoms with van der Waals surface area (Å²) < 4.78 is 7.08. The zero-order valence-electron chi connectivity index (χ0n) is 17.4. The molecule has 0 aliphatic heterocycles. The minimum absolute atomic E-state index is 0.0513. The molecular weight excluding hydrogens is 372 g/mol. The number of hydrogen-bond donors (Lipinski definition) is 1. The lowest BCUT2D eigenvalue weighted by Crippen LogP contribution is -2.34. The standard InChI is InChI=1S/C21H30N4O2S/c1-21(2,3)14-24(4)19(26)18-13-25-17-8-7-15(12-22-9-6-10-27-5)11-16(17)23-20(25)28-18/h7-8,11,13,22H,6,9-10,12,14H2,1-5H3. The Balaban J connectivity index is 1.74. The number of carbonyl (C=O) groups excluding carboxylic acids is 1. The van der Waals surface area contributed by atoms with E-state index in [1.807, 2.05) is 17.6 Å². The number of ether oxygens (including phenoxy) is 1. The molecule has 0 atom stereocenters. The van der Waals surface area contributed by atoms with Gasteiger partial charge in [-0.2, -0.15) is 0 Å². The van der Waals surface area contributed by atoms with E-state index in [4.69, 9.17) is 9.72 Å². The van der Waals surface area contributed by atoms with E-state index in [0.717, 1.165) is 47.0 Å². The minimum Gasteiger partial charge on any atom is -0.385 e. The average Bonchev–Trinajstić information content (AvgIpc) is 3.16. The molecule has 3 aromatic rings. The summed E-state index contributed by atoms with van der Waals surface area (Å²) in [5, 5.41) is 3.42. The Kier molecular flexibility index (Phi) is 6.37. The van der Waals surface area contributed by atoms with Crippen molar-refractivity contribution in [2.45, 2.75) is 33.7 Å². The van der Waals surface area contributed by atoms with Crippen LogP contribution in [0, 0.1) is 5.41 Å². The van der Waals surface area contributed by atoms with Gasteiger partial charge in [0.1, 0.15) is 4.88 Å². The number of hydrogen-bond acceptors (Lipinski definition) is 5. The zero-order chi connectivity index (χ0) is 20.3. The van der Waals surface area contributed by atoms with Gasteiger partial charge in [-0.15, -0.1) is 0 Å². The summed E-state index contributed by atoms with van der Waals surface area (Å²) in [6, 6.07) is 6.32. The van der Waals surface area contributed by atoms with Crippen LogP contribution >= 0.6 is 11.3 Å². The number of fused-ring (bicyclic) bond motifs is 3. The molecule has 1 aromatic carbocycles. The molecule has 7 heteroatoms. The van der Waals surface area contributed by atoms with Gasteiger partial charge in [-0.1, -0.05) is 38.2 Å². The van der Waals surface area contributed by atoms with Crippen molar-refractivity contribution in [3.63, 3.8) is 0 Å². The Morgan fingerprint density at radius 1 is 1.36 bits per heavy atom. The van der Waals surface area contributed by atoms with Crippen LogP contribution in [-0.4, -0.2) is 54.0 Å². The highest BCUT2D eigenvalue weighted by Crippen LogP contribution is 2.26. The van der Waals surface area contributed by atoms with E-state index in [2.05, 4.69) is 44.3 Å². The summed E-state index contributed by atoms with van der Waals surface area (Å²) in [5.74, 6) is 0.0513. The normalized spacial score (nSPS) is 12.2. The first-order valence-electron chi connectivity index (χ1n) is 9.64. The van der Waals surface area contributed by atoms with E-state index in [0.29, 0.717) is 6.54 Å². The Morgan fingerprint density at radius 2 is 2.14 bits per heavy atom. The number of rotatable bonds is 8. The molecule has 6 nitrogen and oxygen atoms in total. The molecule has 28 heavy (non-hydrogen) atoms. The minimum atomic E-state index is 0.0513. The van der Waals surface area contributed by atoms with E-state index in [9.17, 15) is 4.79 Å². The quantitative estimate of drug-likeness (QED) is 0.583. The third-order valence-corrected chi connectivity index (χ3v) is 5.44. The summed E-state index contributed by atoms with van der Waals surface area (Å²) >= 11 is 1.45. The van der Waals surface area contributed by atoms with Crippen LogP contribution in [0.1, 0.15) is 42.4 Å². The number of thiazole rings is 1. The highest BCUT2D eigenvalue weighted by molar-refractivity contribution is 7.18. The van der Waals surface area contributed by atoms with Crippen molar-refractivity contribution in [1.82, 2.24) is 19.6 Å². The van der Waals surface area contributed by atoms with Gasteiger partial charge < -0.3 is 15.0 Å². The second kappa shape index (κ2) is 8.59. The molecule has 0 fully saturated rings. The molecule has 3 rings (SSSR count). The fourth-order valence-electron chi connectivity index (χ4n) is 3.32. The summed E-state index contributed by atoms with van der Waals surface area (Å²) in [7, 11) is 3.58. The number of aromatic nitrogens is 2. The van der Waals surface area contributed by atoms with Crippen molar-refractivity contribution in [3.05, 3.63) is 34.8 Å². The number of imidazole rings is 1. The van der Waals surface area contributed by atoms with Crippen LogP contribution < -0.4 is 5.32 Å². The second-order valence-electron chi connectivity index (χ2n) is 8.43. The van der Waals surface area contributed by atoms with Gasteiger partial charge in [0, 0.05) is 40.1 Å². The van der Waals surface area contributed by atoms with Crippen molar-refractivity contribution in [1.29, 1.82) is 0 Å². The third kappa shape index (κ3) is 4.90. The van der Waals surface area contributed by atoms with E-state index < -0.39 is 0 Å². The molecule has 0 saturated carbocycles. The smallest absolute Gasteiger partial charge is 0.265 e. The first-order chi connectivity index (χ1) is 13.3. The van der Waals surface area contributed by atoms with E-state index in [-0.39, 0.29) is 11.3 Å². The predicted molar refractivity (Wildman–Crippen MR) is 115 cm³/mol. The van der Waals surface area contributed by atoms with Gasteiger partial charge in [0.05, 0.1) is 11.0 Å². The lowest BCUT2D eigenvalue weighted by molar-refractivity contribution is 0.0750. The molecule has 0 saturated heterocycles. The fraction of sp³-hybridized carbons (Fsp3) is 0.524. The molecule has 0 aliphatic carbocycles. The topological polar surface area (TPSA) is 58.9 Å². The highest BCUT2D eigenvalue weighted by Gasteiger charge is 2.21. The first-order valence-corrected chi connectivity index (χ1v) is 10.5. The van der Waals surface area contributed by atoms with Crippen molar-refractivity contribution in [2.24, 2.45) is 5.41 Å². The average molecular weight is 403 g/mol. The van der Waals surface area contributed by atoms with Crippen molar-refractivity contribution in [3.8, 4) is 0 Å². The van der Waals surface area contributed by atoms with Crippen LogP contribution in [0.4, 0.5) is 0 Å². The number of carbonyl (C=O) groups is 1. The number of nitrogens with zero attached hydrogens (tertiary/aromatic N) is 3. The fourth-order valence-corrected chi connectivity index (χ4v) is 4.31. The SMILES string of the molecule is COCCCNCc1ccc2c(c1)nc1sc(C(=O)N(C)CC(C)(C)C)cn12. The Hall–Kier alpha value is -1.96. The maximum absolute atomic E-state index is 12.8. The van der Waals surface area contributed by atoms with Crippen molar-refractivity contribution in [2.75, 3.05) is 33.9 Å². The maximum Gasteiger partial charge on any atom is 0.265 e. The Bertz CT molecular complexity index is 955. The lowest BCUT2D eigenvalue weighted by atomic mass is 9.96. The van der Waals surface area contributed by atoms with Crippen LogP contribution in [0.3, 0.4) is 0 Å². The largest absolute Gasteiger partial charge is 0.385 e. The van der Waals surface area contributed by atoms with Gasteiger partial charge in [0.2, 0.25) is 0 Å². The van der Waals surface area contributed by atoms with E-state index >= 15 is 0 Å². The molecule has 2 aromatic heterocycles. The van der Waals surface area contributed by atoms with Crippen LogP contribution in [0.5, 0.6) is 0 Å². The summed E-state index contributed by atoms with van der Waals surface area (Å²) in [6.45, 7) is 9.63. The zero-order valence-corrected chi connectivity index (χ0v) is 18.2. The second-order valence-corrected chi connectivity index (χ2v) is 9.44. The molecular formula is C21H30N4O2S.